The van der Waals surface area contributed by atoms with E-state index in [1.165, 1.54) is 7.11 Å². The van der Waals surface area contributed by atoms with Crippen LogP contribution in [0.5, 0.6) is 0 Å². The fourth-order valence-corrected chi connectivity index (χ4v) is 2.13. The van der Waals surface area contributed by atoms with E-state index in [1.807, 2.05) is 13.8 Å². The largest absolute Gasteiger partial charge is 0.481 e. The van der Waals surface area contributed by atoms with Crippen molar-refractivity contribution in [3.05, 3.63) is 17.0 Å². The molecule has 1 aromatic heterocycles. The molecule has 1 unspecified atom stereocenters. The van der Waals surface area contributed by atoms with Gasteiger partial charge in [0, 0.05) is 24.3 Å². The van der Waals surface area contributed by atoms with Gasteiger partial charge in [-0.2, -0.15) is 0 Å². The number of methoxy groups -OCH3 is 1. The van der Waals surface area contributed by atoms with Crippen LogP contribution in [0.3, 0.4) is 0 Å². The van der Waals surface area contributed by atoms with Gasteiger partial charge in [0.15, 0.2) is 0 Å². The van der Waals surface area contributed by atoms with Crippen molar-refractivity contribution in [2.45, 2.75) is 51.9 Å². The van der Waals surface area contributed by atoms with Crippen LogP contribution in [0.4, 0.5) is 0 Å². The van der Waals surface area contributed by atoms with E-state index in [1.54, 1.807) is 0 Å². The number of carboxylic acid groups (broad SMARTS) is 1. The van der Waals surface area contributed by atoms with Crippen LogP contribution in [0.15, 0.2) is 4.52 Å². The van der Waals surface area contributed by atoms with Crippen LogP contribution >= 0.6 is 0 Å². The van der Waals surface area contributed by atoms with Gasteiger partial charge in [0.1, 0.15) is 5.76 Å². The summed E-state index contributed by atoms with van der Waals surface area (Å²) in [7, 11) is 1.35. The first-order valence-electron chi connectivity index (χ1n) is 6.67. The van der Waals surface area contributed by atoms with E-state index < -0.39 is 5.97 Å². The number of carbonyl (C=O) groups is 2. The summed E-state index contributed by atoms with van der Waals surface area (Å²) in [6, 6.07) is 0. The Bertz CT molecular complexity index is 466. The Labute approximate surface area is 118 Å². The minimum atomic E-state index is -0.815. The number of nitrogens with zero attached hydrogens (tertiary/aromatic N) is 1. The molecule has 0 aliphatic rings. The Morgan fingerprint density at radius 2 is 2.00 bits per heavy atom. The number of hydrogen-bond donors (Lipinski definition) is 1. The Morgan fingerprint density at radius 3 is 2.50 bits per heavy atom. The fourth-order valence-electron chi connectivity index (χ4n) is 2.13. The standard InChI is InChI=1S/C14H21NO5/c1-9-10(2)20-15-14(9)11(5-4-6-12(16)17)7-8-13(18)19-3/h11H,4-8H2,1-3H3,(H,16,17). The minimum absolute atomic E-state index is 0.0194. The summed E-state index contributed by atoms with van der Waals surface area (Å²) < 4.78 is 9.79. The first-order valence-corrected chi connectivity index (χ1v) is 6.67. The lowest BCUT2D eigenvalue weighted by molar-refractivity contribution is -0.141. The average Bonchev–Trinajstić information content (AvgIpc) is 2.73. The molecule has 0 bridgehead atoms. The minimum Gasteiger partial charge on any atom is -0.481 e. The molecule has 1 N–H and O–H groups in total. The van der Waals surface area contributed by atoms with E-state index >= 15 is 0 Å². The SMILES string of the molecule is COC(=O)CCC(CCCC(=O)O)c1noc(C)c1C. The third kappa shape index (κ3) is 4.68. The molecule has 1 atom stereocenters. The maximum absolute atomic E-state index is 11.3. The molecule has 0 aromatic carbocycles. The number of rotatable bonds is 8. The molecule has 6 heteroatoms. The molecule has 0 aliphatic heterocycles. The summed E-state index contributed by atoms with van der Waals surface area (Å²) in [5, 5.41) is 12.7. The zero-order valence-corrected chi connectivity index (χ0v) is 12.1. The lowest BCUT2D eigenvalue weighted by Gasteiger charge is -2.14. The Morgan fingerprint density at radius 1 is 1.30 bits per heavy atom. The van der Waals surface area contributed by atoms with Crippen LogP contribution in [-0.2, 0) is 14.3 Å². The van der Waals surface area contributed by atoms with Gasteiger partial charge >= 0.3 is 11.9 Å². The summed E-state index contributed by atoms with van der Waals surface area (Å²) in [6.45, 7) is 3.75. The summed E-state index contributed by atoms with van der Waals surface area (Å²) in [4.78, 5) is 21.9. The monoisotopic (exact) mass is 283 g/mol. The van der Waals surface area contributed by atoms with Crippen molar-refractivity contribution in [2.24, 2.45) is 0 Å². The molecule has 0 radical (unpaired) electrons. The molecule has 1 heterocycles. The molecule has 6 nitrogen and oxygen atoms in total. The molecule has 1 rings (SSSR count). The third-order valence-electron chi connectivity index (χ3n) is 3.45. The number of aromatic nitrogens is 1. The third-order valence-corrected chi connectivity index (χ3v) is 3.45. The van der Waals surface area contributed by atoms with E-state index in [4.69, 9.17) is 9.63 Å². The number of carboxylic acids is 1. The lowest BCUT2D eigenvalue weighted by atomic mass is 9.91. The molecule has 0 amide bonds. The number of carbonyl (C=O) groups excluding carboxylic acids is 1. The normalized spacial score (nSPS) is 12.2. The number of ether oxygens (including phenoxy) is 1. The molecule has 1 aromatic rings. The molecule has 20 heavy (non-hydrogen) atoms. The molecule has 0 saturated carbocycles. The topological polar surface area (TPSA) is 89.6 Å². The highest BCUT2D eigenvalue weighted by Crippen LogP contribution is 2.30. The summed E-state index contributed by atoms with van der Waals surface area (Å²) in [5.74, 6) is -0.317. The number of aryl methyl sites for hydroxylation is 1. The Balaban J connectivity index is 2.70. The van der Waals surface area contributed by atoms with Gasteiger partial charge in [-0.3, -0.25) is 9.59 Å². The van der Waals surface area contributed by atoms with Crippen molar-refractivity contribution in [3.8, 4) is 0 Å². The second-order valence-corrected chi connectivity index (χ2v) is 4.85. The summed E-state index contributed by atoms with van der Waals surface area (Å²) in [6.07, 6.45) is 2.20. The van der Waals surface area contributed by atoms with Crippen LogP contribution in [-0.4, -0.2) is 29.3 Å². The van der Waals surface area contributed by atoms with E-state index in [2.05, 4.69) is 9.89 Å². The number of esters is 1. The molecule has 0 saturated heterocycles. The summed E-state index contributed by atoms with van der Waals surface area (Å²) in [5.41, 5.74) is 1.78. The van der Waals surface area contributed by atoms with E-state index in [0.717, 1.165) is 17.0 Å². The van der Waals surface area contributed by atoms with Crippen molar-refractivity contribution in [3.63, 3.8) is 0 Å². The van der Waals surface area contributed by atoms with E-state index in [0.29, 0.717) is 25.7 Å². The number of hydrogen-bond acceptors (Lipinski definition) is 5. The second-order valence-electron chi connectivity index (χ2n) is 4.85. The predicted octanol–water partition coefficient (Wildman–Crippen LogP) is 2.58. The maximum atomic E-state index is 11.3. The fraction of sp³-hybridized carbons (Fsp3) is 0.643. The Kier molecular flexibility index (Phi) is 6.21. The number of aliphatic carboxylic acids is 1. The highest BCUT2D eigenvalue weighted by atomic mass is 16.5. The van der Waals surface area contributed by atoms with Gasteiger partial charge in [0.2, 0.25) is 0 Å². The molecule has 0 aliphatic carbocycles. The van der Waals surface area contributed by atoms with Gasteiger partial charge in [-0.25, -0.2) is 0 Å². The molecular weight excluding hydrogens is 262 g/mol. The van der Waals surface area contributed by atoms with Crippen molar-refractivity contribution in [2.75, 3.05) is 7.11 Å². The van der Waals surface area contributed by atoms with Crippen LogP contribution in [0, 0.1) is 13.8 Å². The zero-order valence-electron chi connectivity index (χ0n) is 12.1. The van der Waals surface area contributed by atoms with Crippen molar-refractivity contribution in [1.82, 2.24) is 5.16 Å². The summed E-state index contributed by atoms with van der Waals surface area (Å²) >= 11 is 0. The molecule has 0 fully saturated rings. The predicted molar refractivity (Wildman–Crippen MR) is 71.5 cm³/mol. The quantitative estimate of drug-likeness (QED) is 0.737. The second kappa shape index (κ2) is 7.67. The van der Waals surface area contributed by atoms with Crippen LogP contribution in [0.2, 0.25) is 0 Å². The van der Waals surface area contributed by atoms with Crippen molar-refractivity contribution < 1.29 is 24.0 Å². The molecule has 0 spiro atoms. The average molecular weight is 283 g/mol. The van der Waals surface area contributed by atoms with Crippen molar-refractivity contribution >= 4 is 11.9 Å². The zero-order chi connectivity index (χ0) is 15.1. The highest BCUT2D eigenvalue weighted by Gasteiger charge is 2.21. The van der Waals surface area contributed by atoms with Gasteiger partial charge in [-0.1, -0.05) is 5.16 Å². The highest BCUT2D eigenvalue weighted by molar-refractivity contribution is 5.69. The van der Waals surface area contributed by atoms with E-state index in [-0.39, 0.29) is 18.3 Å². The first kappa shape index (κ1) is 16.2. The van der Waals surface area contributed by atoms with Gasteiger partial charge in [-0.05, 0) is 33.1 Å². The van der Waals surface area contributed by atoms with Crippen molar-refractivity contribution in [1.29, 1.82) is 0 Å². The van der Waals surface area contributed by atoms with Gasteiger partial charge in [0.05, 0.1) is 12.8 Å². The first-order chi connectivity index (χ1) is 9.45. The Hall–Kier alpha value is -1.85. The van der Waals surface area contributed by atoms with E-state index in [9.17, 15) is 9.59 Å². The van der Waals surface area contributed by atoms with Crippen LogP contribution in [0.1, 0.15) is 55.0 Å². The molecule has 112 valence electrons. The van der Waals surface area contributed by atoms with Gasteiger partial charge < -0.3 is 14.4 Å². The van der Waals surface area contributed by atoms with Gasteiger partial charge in [0.25, 0.3) is 0 Å². The smallest absolute Gasteiger partial charge is 0.305 e. The van der Waals surface area contributed by atoms with Crippen LogP contribution in [0.25, 0.3) is 0 Å². The van der Waals surface area contributed by atoms with Gasteiger partial charge in [-0.15, -0.1) is 0 Å². The maximum Gasteiger partial charge on any atom is 0.305 e. The van der Waals surface area contributed by atoms with Crippen LogP contribution < -0.4 is 0 Å². The lowest BCUT2D eigenvalue weighted by Crippen LogP contribution is -2.08. The molecular formula is C14H21NO5.